The molecule has 1 aliphatic carbocycles. The number of nitrogen functional groups attached to an aromatic ring is 1. The number of fused-ring (bicyclic) bond motifs is 2. The summed E-state index contributed by atoms with van der Waals surface area (Å²) in [7, 11) is -9.67. The first kappa shape index (κ1) is 22.6. The van der Waals surface area contributed by atoms with Crippen LogP contribution in [0.5, 0.6) is 0 Å². The van der Waals surface area contributed by atoms with Crippen LogP contribution in [-0.2, 0) is 20.2 Å². The van der Waals surface area contributed by atoms with Gasteiger partial charge in [0.05, 0.1) is 28.2 Å². The molecule has 0 bridgehead atoms. The zero-order valence-electron chi connectivity index (χ0n) is 16.9. The molecule has 0 heterocycles. The van der Waals surface area contributed by atoms with Gasteiger partial charge in [0.25, 0.3) is 20.2 Å². The molecule has 0 saturated heterocycles. The van der Waals surface area contributed by atoms with Crippen LogP contribution in [-0.4, -0.2) is 37.5 Å². The summed E-state index contributed by atoms with van der Waals surface area (Å²) < 4.78 is 67.0. The summed E-state index contributed by atoms with van der Waals surface area (Å²) in [6.45, 7) is 1.51. The Morgan fingerprint density at radius 2 is 1.33 bits per heavy atom. The minimum Gasteiger partial charge on any atom is -0.397 e. The standard InChI is InChI=1S/C21H16N2O8S2/c1-10-5-4-8-14(32(26,27)28)19(10)23-13-9-15(33(29,30)31)18(22)17-16(13)20(24)11-6-2-3-7-12(11)21(17)25/h2-9,23H,22H2,1H3,(H,26,27,28)(H,29,30,31). The summed E-state index contributed by atoms with van der Waals surface area (Å²) in [5.74, 6) is -1.41. The van der Waals surface area contributed by atoms with Gasteiger partial charge in [-0.25, -0.2) is 0 Å². The van der Waals surface area contributed by atoms with Crippen molar-refractivity contribution in [3.8, 4) is 0 Å². The Labute approximate surface area is 188 Å². The number of anilines is 3. The molecule has 0 unspecified atom stereocenters. The highest BCUT2D eigenvalue weighted by atomic mass is 32.2. The Balaban J connectivity index is 2.08. The van der Waals surface area contributed by atoms with Crippen molar-refractivity contribution in [2.45, 2.75) is 16.7 Å². The Morgan fingerprint density at radius 3 is 1.88 bits per heavy atom. The second kappa shape index (κ2) is 7.49. The van der Waals surface area contributed by atoms with Crippen LogP contribution in [0.3, 0.4) is 0 Å². The molecule has 12 heteroatoms. The van der Waals surface area contributed by atoms with E-state index in [0.29, 0.717) is 5.56 Å². The van der Waals surface area contributed by atoms with Gasteiger partial charge in [0.2, 0.25) is 0 Å². The average molecular weight is 488 g/mol. The SMILES string of the molecule is Cc1cccc(S(=O)(=O)O)c1Nc1cc(S(=O)(=O)O)c(N)c2c1C(=O)c1ccccc1C2=O. The zero-order chi connectivity index (χ0) is 24.3. The first-order valence-electron chi connectivity index (χ1n) is 9.29. The first-order valence-corrected chi connectivity index (χ1v) is 12.2. The number of para-hydroxylation sites is 1. The van der Waals surface area contributed by atoms with E-state index in [1.54, 1.807) is 0 Å². The van der Waals surface area contributed by atoms with E-state index in [4.69, 9.17) is 5.73 Å². The molecule has 1 aliphatic rings. The molecule has 0 radical (unpaired) electrons. The van der Waals surface area contributed by atoms with E-state index in [0.717, 1.165) is 12.1 Å². The molecule has 0 aliphatic heterocycles. The minimum atomic E-state index is -4.94. The van der Waals surface area contributed by atoms with Crippen LogP contribution in [0.25, 0.3) is 0 Å². The lowest BCUT2D eigenvalue weighted by molar-refractivity contribution is 0.0980. The minimum absolute atomic E-state index is 0.00495. The van der Waals surface area contributed by atoms with Gasteiger partial charge in [-0.15, -0.1) is 0 Å². The zero-order valence-corrected chi connectivity index (χ0v) is 18.5. The predicted octanol–water partition coefficient (Wildman–Crippen LogP) is 2.59. The quantitative estimate of drug-likeness (QED) is 0.246. The van der Waals surface area contributed by atoms with Crippen LogP contribution in [0.2, 0.25) is 0 Å². The van der Waals surface area contributed by atoms with E-state index in [2.05, 4.69) is 5.32 Å². The lowest BCUT2D eigenvalue weighted by Crippen LogP contribution is -2.25. The fourth-order valence-electron chi connectivity index (χ4n) is 3.76. The Morgan fingerprint density at radius 1 is 0.788 bits per heavy atom. The number of ketones is 2. The summed E-state index contributed by atoms with van der Waals surface area (Å²) in [6, 6.07) is 10.7. The largest absolute Gasteiger partial charge is 0.397 e. The van der Waals surface area contributed by atoms with E-state index >= 15 is 0 Å². The lowest BCUT2D eigenvalue weighted by atomic mass is 9.82. The number of aryl methyl sites for hydroxylation is 1. The van der Waals surface area contributed by atoms with Crippen LogP contribution in [0.1, 0.15) is 37.4 Å². The molecule has 0 aromatic heterocycles. The molecule has 4 rings (SSSR count). The Bertz CT molecular complexity index is 1590. The summed E-state index contributed by atoms with van der Waals surface area (Å²) in [5, 5.41) is 2.65. The monoisotopic (exact) mass is 488 g/mol. The second-order valence-electron chi connectivity index (χ2n) is 7.31. The molecule has 0 atom stereocenters. The van der Waals surface area contributed by atoms with Crippen molar-refractivity contribution in [1.29, 1.82) is 0 Å². The summed E-state index contributed by atoms with van der Waals surface area (Å²) >= 11 is 0. The first-order chi connectivity index (χ1) is 15.3. The van der Waals surface area contributed by atoms with E-state index in [1.165, 1.54) is 43.3 Å². The third-order valence-electron chi connectivity index (χ3n) is 5.25. The number of carbonyl (C=O) groups is 2. The molecular formula is C21H16N2O8S2. The molecule has 0 amide bonds. The smallest absolute Gasteiger partial charge is 0.296 e. The fourth-order valence-corrected chi connectivity index (χ4v) is 5.12. The van der Waals surface area contributed by atoms with Crippen molar-refractivity contribution < 1.29 is 35.5 Å². The van der Waals surface area contributed by atoms with Crippen molar-refractivity contribution in [3.63, 3.8) is 0 Å². The number of nitrogens with two attached hydrogens (primary N) is 1. The van der Waals surface area contributed by atoms with Crippen molar-refractivity contribution in [1.82, 2.24) is 0 Å². The maximum Gasteiger partial charge on any atom is 0.296 e. The van der Waals surface area contributed by atoms with Gasteiger partial charge in [0.15, 0.2) is 11.6 Å². The van der Waals surface area contributed by atoms with Crippen molar-refractivity contribution in [3.05, 3.63) is 76.3 Å². The average Bonchev–Trinajstić information content (AvgIpc) is 2.72. The fraction of sp³-hybridized carbons (Fsp3) is 0.0476. The van der Waals surface area contributed by atoms with Crippen LogP contribution >= 0.6 is 0 Å². The summed E-state index contributed by atoms with van der Waals surface area (Å²) in [5.41, 5.74) is 4.45. The number of carbonyl (C=O) groups excluding carboxylic acids is 2. The normalized spacial score (nSPS) is 13.4. The predicted molar refractivity (Wildman–Crippen MR) is 118 cm³/mol. The number of rotatable bonds is 4. The number of benzene rings is 3. The lowest BCUT2D eigenvalue weighted by Gasteiger charge is -2.24. The van der Waals surface area contributed by atoms with Gasteiger partial charge in [0, 0.05) is 11.1 Å². The van der Waals surface area contributed by atoms with Crippen LogP contribution in [0.15, 0.2) is 58.3 Å². The molecular weight excluding hydrogens is 472 g/mol. The maximum atomic E-state index is 13.3. The number of hydrogen-bond acceptors (Lipinski definition) is 8. The molecule has 3 aromatic rings. The molecule has 0 fully saturated rings. The number of nitrogens with one attached hydrogen (secondary N) is 1. The van der Waals surface area contributed by atoms with Gasteiger partial charge in [-0.05, 0) is 24.6 Å². The van der Waals surface area contributed by atoms with Crippen molar-refractivity contribution in [2.75, 3.05) is 11.1 Å². The van der Waals surface area contributed by atoms with Gasteiger partial charge < -0.3 is 11.1 Å². The Kier molecular flexibility index (Phi) is 5.13. The van der Waals surface area contributed by atoms with Gasteiger partial charge in [-0.3, -0.25) is 18.7 Å². The molecule has 170 valence electrons. The third kappa shape index (κ3) is 3.68. The second-order valence-corrected chi connectivity index (χ2v) is 10.1. The summed E-state index contributed by atoms with van der Waals surface area (Å²) in [4.78, 5) is 25.1. The topological polar surface area (TPSA) is 181 Å². The van der Waals surface area contributed by atoms with E-state index in [-0.39, 0.29) is 28.1 Å². The van der Waals surface area contributed by atoms with Crippen LogP contribution in [0.4, 0.5) is 17.1 Å². The van der Waals surface area contributed by atoms with E-state index < -0.39 is 52.8 Å². The highest BCUT2D eigenvalue weighted by Gasteiger charge is 2.36. The highest BCUT2D eigenvalue weighted by Crippen LogP contribution is 2.41. The van der Waals surface area contributed by atoms with E-state index in [9.17, 15) is 35.5 Å². The van der Waals surface area contributed by atoms with Gasteiger partial charge in [-0.1, -0.05) is 36.4 Å². The molecule has 33 heavy (non-hydrogen) atoms. The molecule has 5 N–H and O–H groups in total. The molecule has 0 spiro atoms. The van der Waals surface area contributed by atoms with Gasteiger partial charge in [-0.2, -0.15) is 16.8 Å². The molecule has 10 nitrogen and oxygen atoms in total. The Hall–Kier alpha value is -3.58. The van der Waals surface area contributed by atoms with Crippen LogP contribution in [0, 0.1) is 6.92 Å². The molecule has 0 saturated carbocycles. The van der Waals surface area contributed by atoms with Gasteiger partial charge >= 0.3 is 0 Å². The van der Waals surface area contributed by atoms with Crippen molar-refractivity contribution >= 4 is 48.9 Å². The number of hydrogen-bond donors (Lipinski definition) is 4. The molecule has 3 aromatic carbocycles. The van der Waals surface area contributed by atoms with Crippen molar-refractivity contribution in [2.24, 2.45) is 0 Å². The third-order valence-corrected chi connectivity index (χ3v) is 7.04. The van der Waals surface area contributed by atoms with Crippen LogP contribution < -0.4 is 11.1 Å². The van der Waals surface area contributed by atoms with E-state index in [1.807, 2.05) is 0 Å². The highest BCUT2D eigenvalue weighted by molar-refractivity contribution is 7.86. The van der Waals surface area contributed by atoms with Gasteiger partial charge in [0.1, 0.15) is 9.79 Å². The summed E-state index contributed by atoms with van der Waals surface area (Å²) in [6.07, 6.45) is 0. The maximum absolute atomic E-state index is 13.3.